The number of rotatable bonds is 6. The molecule has 2 aromatic rings. The van der Waals surface area contributed by atoms with Gasteiger partial charge in [0.05, 0.1) is 5.69 Å². The van der Waals surface area contributed by atoms with E-state index in [9.17, 15) is 9.59 Å². The van der Waals surface area contributed by atoms with Crippen molar-refractivity contribution in [1.29, 1.82) is 0 Å². The minimum atomic E-state index is -0.535. The normalized spacial score (nSPS) is 11.5. The molecule has 0 unspecified atom stereocenters. The summed E-state index contributed by atoms with van der Waals surface area (Å²) < 4.78 is 6.61. The maximum atomic E-state index is 12.4. The second kappa shape index (κ2) is 6.83. The monoisotopic (exact) mass is 317 g/mol. The molecule has 0 aliphatic carbocycles. The van der Waals surface area contributed by atoms with Crippen molar-refractivity contribution < 1.29 is 9.53 Å². The van der Waals surface area contributed by atoms with Crippen molar-refractivity contribution >= 4 is 11.6 Å². The van der Waals surface area contributed by atoms with E-state index in [4.69, 9.17) is 4.74 Å². The van der Waals surface area contributed by atoms with Gasteiger partial charge in [0.25, 0.3) is 0 Å². The van der Waals surface area contributed by atoms with Crippen molar-refractivity contribution in [1.82, 2.24) is 9.55 Å². The summed E-state index contributed by atoms with van der Waals surface area (Å²) in [4.78, 5) is 26.9. The molecule has 0 fully saturated rings. The van der Waals surface area contributed by atoms with Gasteiger partial charge in [-0.15, -0.1) is 0 Å². The van der Waals surface area contributed by atoms with Crippen molar-refractivity contribution in [2.24, 2.45) is 5.41 Å². The number of H-pyrrole nitrogens is 1. The number of nitrogens with zero attached hydrogens (tertiary/aromatic N) is 1. The molecule has 0 saturated heterocycles. The van der Waals surface area contributed by atoms with Gasteiger partial charge in [0.2, 0.25) is 5.91 Å². The Morgan fingerprint density at radius 2 is 2.13 bits per heavy atom. The van der Waals surface area contributed by atoms with E-state index in [0.717, 1.165) is 5.69 Å². The van der Waals surface area contributed by atoms with E-state index in [1.165, 1.54) is 0 Å². The zero-order chi connectivity index (χ0) is 17.0. The number of aromatic amines is 1. The maximum absolute atomic E-state index is 12.4. The summed E-state index contributed by atoms with van der Waals surface area (Å²) in [6, 6.07) is 7.23. The predicted octanol–water partition coefficient (Wildman–Crippen LogP) is 2.48. The van der Waals surface area contributed by atoms with Crippen LogP contribution in [0, 0.1) is 12.3 Å². The van der Waals surface area contributed by atoms with Gasteiger partial charge in [0.15, 0.2) is 0 Å². The number of methoxy groups -OCH3 is 1. The Bertz CT molecular complexity index is 744. The molecule has 1 amide bonds. The van der Waals surface area contributed by atoms with E-state index in [1.54, 1.807) is 30.0 Å². The SMILES string of the molecule is COCCC(C)(C)C(=O)Nc1cccc(-n2c(C)c[nH]c2=O)c1. The van der Waals surface area contributed by atoms with Crippen LogP contribution in [0.1, 0.15) is 26.0 Å². The van der Waals surface area contributed by atoms with Gasteiger partial charge < -0.3 is 15.0 Å². The third kappa shape index (κ3) is 3.90. The highest BCUT2D eigenvalue weighted by Gasteiger charge is 2.27. The van der Waals surface area contributed by atoms with Crippen LogP contribution in [0.25, 0.3) is 5.69 Å². The third-order valence-corrected chi connectivity index (χ3v) is 3.87. The van der Waals surface area contributed by atoms with Gasteiger partial charge in [-0.2, -0.15) is 0 Å². The van der Waals surface area contributed by atoms with Crippen molar-refractivity contribution in [2.75, 3.05) is 19.0 Å². The van der Waals surface area contributed by atoms with E-state index < -0.39 is 5.41 Å². The lowest BCUT2D eigenvalue weighted by Gasteiger charge is -2.23. The van der Waals surface area contributed by atoms with Crippen molar-refractivity contribution in [3.05, 3.63) is 46.6 Å². The first kappa shape index (κ1) is 17.0. The van der Waals surface area contributed by atoms with Crippen LogP contribution in [0.15, 0.2) is 35.3 Å². The van der Waals surface area contributed by atoms with Gasteiger partial charge in [-0.3, -0.25) is 9.36 Å². The average molecular weight is 317 g/mol. The number of imidazole rings is 1. The number of hydrogen-bond donors (Lipinski definition) is 2. The fourth-order valence-electron chi connectivity index (χ4n) is 2.27. The predicted molar refractivity (Wildman–Crippen MR) is 90.0 cm³/mol. The fourth-order valence-corrected chi connectivity index (χ4v) is 2.27. The van der Waals surface area contributed by atoms with Crippen LogP contribution >= 0.6 is 0 Å². The number of hydrogen-bond acceptors (Lipinski definition) is 3. The van der Waals surface area contributed by atoms with E-state index in [1.807, 2.05) is 32.9 Å². The summed E-state index contributed by atoms with van der Waals surface area (Å²) in [5, 5.41) is 2.91. The molecule has 1 aromatic carbocycles. The molecule has 2 rings (SSSR count). The molecule has 1 aromatic heterocycles. The lowest BCUT2D eigenvalue weighted by Crippen LogP contribution is -2.31. The Morgan fingerprint density at radius 3 is 2.74 bits per heavy atom. The molecule has 0 atom stereocenters. The molecular formula is C17H23N3O3. The summed E-state index contributed by atoms with van der Waals surface area (Å²) >= 11 is 0. The molecule has 0 radical (unpaired) electrons. The first-order chi connectivity index (χ1) is 10.8. The number of carbonyl (C=O) groups excluding carboxylic acids is 1. The minimum Gasteiger partial charge on any atom is -0.385 e. The number of amides is 1. The van der Waals surface area contributed by atoms with Crippen molar-refractivity contribution in [3.63, 3.8) is 0 Å². The highest BCUT2D eigenvalue weighted by Crippen LogP contribution is 2.23. The molecule has 23 heavy (non-hydrogen) atoms. The number of anilines is 1. The molecule has 124 valence electrons. The molecule has 0 saturated carbocycles. The highest BCUT2D eigenvalue weighted by molar-refractivity contribution is 5.95. The summed E-state index contributed by atoms with van der Waals surface area (Å²) in [6.45, 7) is 6.13. The van der Waals surface area contributed by atoms with Gasteiger partial charge in [-0.25, -0.2) is 4.79 Å². The fraction of sp³-hybridized carbons (Fsp3) is 0.412. The first-order valence-corrected chi connectivity index (χ1v) is 7.53. The number of benzene rings is 1. The van der Waals surface area contributed by atoms with E-state index in [0.29, 0.717) is 24.4 Å². The van der Waals surface area contributed by atoms with Crippen molar-refractivity contribution in [3.8, 4) is 5.69 Å². The number of ether oxygens (including phenoxy) is 1. The largest absolute Gasteiger partial charge is 0.385 e. The topological polar surface area (TPSA) is 76.1 Å². The standard InChI is InChI=1S/C17H23N3O3/c1-12-11-18-16(22)20(12)14-7-5-6-13(10-14)19-15(21)17(2,3)8-9-23-4/h5-7,10-11H,8-9H2,1-4H3,(H,18,22)(H,19,21). The van der Waals surface area contributed by atoms with Crippen LogP contribution < -0.4 is 11.0 Å². The van der Waals surface area contributed by atoms with Crippen LogP contribution in [-0.4, -0.2) is 29.2 Å². The van der Waals surface area contributed by atoms with Gasteiger partial charge in [-0.05, 0) is 31.5 Å². The Kier molecular flexibility index (Phi) is 5.05. The first-order valence-electron chi connectivity index (χ1n) is 7.53. The third-order valence-electron chi connectivity index (χ3n) is 3.87. The van der Waals surface area contributed by atoms with Gasteiger partial charge >= 0.3 is 5.69 Å². The van der Waals surface area contributed by atoms with Gasteiger partial charge in [0, 0.05) is 36.7 Å². The number of aryl methyl sites for hydroxylation is 1. The maximum Gasteiger partial charge on any atom is 0.330 e. The molecule has 2 N–H and O–H groups in total. The zero-order valence-electron chi connectivity index (χ0n) is 14.0. The lowest BCUT2D eigenvalue weighted by molar-refractivity contribution is -0.124. The summed E-state index contributed by atoms with van der Waals surface area (Å²) in [5.74, 6) is -0.0789. The summed E-state index contributed by atoms with van der Waals surface area (Å²) in [6.07, 6.45) is 2.28. The quantitative estimate of drug-likeness (QED) is 0.859. The van der Waals surface area contributed by atoms with Gasteiger partial charge in [0.1, 0.15) is 0 Å². The number of carbonyl (C=O) groups is 1. The Labute approximate surface area is 135 Å². The summed E-state index contributed by atoms with van der Waals surface area (Å²) in [7, 11) is 1.62. The number of aromatic nitrogens is 2. The van der Waals surface area contributed by atoms with Crippen LogP contribution in [0.3, 0.4) is 0 Å². The van der Waals surface area contributed by atoms with Crippen LogP contribution in [0.2, 0.25) is 0 Å². The van der Waals surface area contributed by atoms with E-state index in [2.05, 4.69) is 10.3 Å². The smallest absolute Gasteiger partial charge is 0.330 e. The second-order valence-electron chi connectivity index (χ2n) is 6.20. The molecule has 0 aliphatic rings. The van der Waals surface area contributed by atoms with E-state index >= 15 is 0 Å². The molecule has 0 spiro atoms. The highest BCUT2D eigenvalue weighted by atomic mass is 16.5. The Hall–Kier alpha value is -2.34. The molecule has 6 nitrogen and oxygen atoms in total. The zero-order valence-corrected chi connectivity index (χ0v) is 14.0. The van der Waals surface area contributed by atoms with Crippen LogP contribution in [0.5, 0.6) is 0 Å². The Morgan fingerprint density at radius 1 is 1.39 bits per heavy atom. The minimum absolute atomic E-state index is 0.0789. The molecule has 0 aliphatic heterocycles. The van der Waals surface area contributed by atoms with E-state index in [-0.39, 0.29) is 11.6 Å². The van der Waals surface area contributed by atoms with Crippen LogP contribution in [0.4, 0.5) is 5.69 Å². The Balaban J connectivity index is 2.21. The summed E-state index contributed by atoms with van der Waals surface area (Å²) in [5.41, 5.74) is 1.43. The molecular weight excluding hydrogens is 294 g/mol. The number of nitrogens with one attached hydrogen (secondary N) is 2. The van der Waals surface area contributed by atoms with Crippen LogP contribution in [-0.2, 0) is 9.53 Å². The molecule has 1 heterocycles. The molecule has 0 bridgehead atoms. The molecule has 6 heteroatoms. The second-order valence-corrected chi connectivity index (χ2v) is 6.20. The lowest BCUT2D eigenvalue weighted by atomic mass is 9.88. The van der Waals surface area contributed by atoms with Crippen molar-refractivity contribution in [2.45, 2.75) is 27.2 Å². The van der Waals surface area contributed by atoms with Gasteiger partial charge in [-0.1, -0.05) is 19.9 Å². The average Bonchev–Trinajstić information content (AvgIpc) is 2.84.